The molecule has 0 saturated carbocycles. The van der Waals surface area contributed by atoms with Crippen molar-refractivity contribution in [3.63, 3.8) is 0 Å². The monoisotopic (exact) mass is 250 g/mol. The first-order valence-electron chi connectivity index (χ1n) is 6.58. The van der Waals surface area contributed by atoms with Gasteiger partial charge in [-0.1, -0.05) is 18.6 Å². The van der Waals surface area contributed by atoms with E-state index < -0.39 is 0 Å². The molecule has 1 atom stereocenters. The molecule has 1 aliphatic heterocycles. The summed E-state index contributed by atoms with van der Waals surface area (Å²) in [6, 6.07) is 0. The van der Waals surface area contributed by atoms with Crippen LogP contribution in [0.5, 0.6) is 0 Å². The lowest BCUT2D eigenvalue weighted by atomic mass is 10.1. The highest BCUT2D eigenvalue weighted by Crippen LogP contribution is 2.28. The third-order valence-electron chi connectivity index (χ3n) is 3.71. The molecule has 0 radical (unpaired) electrons. The number of hydrogen-bond acceptors (Lipinski definition) is 3. The van der Waals surface area contributed by atoms with Gasteiger partial charge in [0.15, 0.2) is 0 Å². The quantitative estimate of drug-likeness (QED) is 0.614. The van der Waals surface area contributed by atoms with Crippen molar-refractivity contribution in [2.45, 2.75) is 51.0 Å². The Balaban J connectivity index is 1.99. The molecule has 4 heteroatoms. The molecule has 3 nitrogen and oxygen atoms in total. The van der Waals surface area contributed by atoms with Crippen molar-refractivity contribution in [2.75, 3.05) is 6.61 Å². The Hall–Kier alpha value is -0.740. The van der Waals surface area contributed by atoms with Crippen molar-refractivity contribution in [1.29, 1.82) is 0 Å². The van der Waals surface area contributed by atoms with Gasteiger partial charge in [0.1, 0.15) is 16.6 Å². The number of H-pyrrole nitrogens is 1. The zero-order valence-corrected chi connectivity index (χ0v) is 10.8. The van der Waals surface area contributed by atoms with Crippen molar-refractivity contribution in [3.05, 3.63) is 21.7 Å². The van der Waals surface area contributed by atoms with Crippen molar-refractivity contribution in [3.8, 4) is 0 Å². The van der Waals surface area contributed by atoms with Crippen LogP contribution in [0.25, 0.3) is 0 Å². The van der Waals surface area contributed by atoms with Crippen LogP contribution in [-0.4, -0.2) is 16.6 Å². The van der Waals surface area contributed by atoms with Gasteiger partial charge in [-0.15, -0.1) is 0 Å². The van der Waals surface area contributed by atoms with Crippen LogP contribution in [-0.2, 0) is 17.6 Å². The van der Waals surface area contributed by atoms with Gasteiger partial charge in [-0.3, -0.25) is 0 Å². The summed E-state index contributed by atoms with van der Waals surface area (Å²) < 4.78 is 6.47. The summed E-state index contributed by atoms with van der Waals surface area (Å²) in [5, 5.41) is 0. The van der Waals surface area contributed by atoms with Crippen LogP contribution >= 0.6 is 12.2 Å². The van der Waals surface area contributed by atoms with Gasteiger partial charge in [-0.05, 0) is 38.5 Å². The molecular formula is C13H18N2OS. The van der Waals surface area contributed by atoms with Gasteiger partial charge >= 0.3 is 0 Å². The fraction of sp³-hybridized carbons (Fsp3) is 0.692. The Morgan fingerprint density at radius 2 is 2.06 bits per heavy atom. The van der Waals surface area contributed by atoms with Crippen molar-refractivity contribution < 1.29 is 4.74 Å². The van der Waals surface area contributed by atoms with E-state index in [4.69, 9.17) is 17.0 Å². The van der Waals surface area contributed by atoms with Crippen LogP contribution in [0.1, 0.15) is 55.3 Å². The minimum atomic E-state index is 0.144. The average Bonchev–Trinajstić information content (AvgIpc) is 2.75. The lowest BCUT2D eigenvalue weighted by Crippen LogP contribution is -2.08. The number of ether oxygens (including phenoxy) is 1. The highest BCUT2D eigenvalue weighted by atomic mass is 32.1. The zero-order chi connectivity index (χ0) is 11.7. The van der Waals surface area contributed by atoms with E-state index in [1.165, 1.54) is 30.5 Å². The maximum absolute atomic E-state index is 5.68. The summed E-state index contributed by atoms with van der Waals surface area (Å²) in [5.74, 6) is 0.952. The first-order chi connectivity index (χ1) is 8.34. The third-order valence-corrected chi connectivity index (χ3v) is 4.05. The predicted molar refractivity (Wildman–Crippen MR) is 68.6 cm³/mol. The van der Waals surface area contributed by atoms with Crippen molar-refractivity contribution >= 4 is 12.2 Å². The number of nitrogens with one attached hydrogen (secondary N) is 1. The molecule has 0 bridgehead atoms. The highest BCUT2D eigenvalue weighted by Gasteiger charge is 2.21. The second kappa shape index (κ2) is 4.86. The van der Waals surface area contributed by atoms with Crippen LogP contribution in [0.15, 0.2) is 0 Å². The van der Waals surface area contributed by atoms with Gasteiger partial charge in [-0.25, -0.2) is 4.98 Å². The molecule has 1 fully saturated rings. The lowest BCUT2D eigenvalue weighted by Gasteiger charge is -2.13. The highest BCUT2D eigenvalue weighted by molar-refractivity contribution is 7.71. The van der Waals surface area contributed by atoms with E-state index in [1.54, 1.807) is 0 Å². The molecule has 1 aromatic rings. The second-order valence-electron chi connectivity index (χ2n) is 4.95. The van der Waals surface area contributed by atoms with Crippen LogP contribution in [0.2, 0.25) is 0 Å². The van der Waals surface area contributed by atoms with Crippen LogP contribution in [0, 0.1) is 4.64 Å². The van der Waals surface area contributed by atoms with E-state index in [0.29, 0.717) is 0 Å². The molecule has 0 amide bonds. The van der Waals surface area contributed by atoms with Crippen molar-refractivity contribution in [2.24, 2.45) is 0 Å². The number of rotatable bonds is 1. The van der Waals surface area contributed by atoms with E-state index >= 15 is 0 Å². The molecule has 1 aliphatic carbocycles. The van der Waals surface area contributed by atoms with Gasteiger partial charge in [0.25, 0.3) is 0 Å². The minimum Gasteiger partial charge on any atom is -0.370 e. The van der Waals surface area contributed by atoms with Crippen molar-refractivity contribution in [1.82, 2.24) is 9.97 Å². The molecule has 2 aliphatic rings. The van der Waals surface area contributed by atoms with E-state index in [2.05, 4.69) is 9.97 Å². The van der Waals surface area contributed by atoms with Crippen LogP contribution in [0.3, 0.4) is 0 Å². The molecule has 1 N–H and O–H groups in total. The first-order valence-corrected chi connectivity index (χ1v) is 6.99. The maximum Gasteiger partial charge on any atom is 0.137 e. The molecular weight excluding hydrogens is 232 g/mol. The number of nitrogens with zero attached hydrogens (tertiary/aromatic N) is 1. The molecule has 1 saturated heterocycles. The third kappa shape index (κ3) is 2.29. The van der Waals surface area contributed by atoms with Gasteiger partial charge in [0.05, 0.1) is 0 Å². The fourth-order valence-electron chi connectivity index (χ4n) is 2.76. The maximum atomic E-state index is 5.68. The Bertz CT molecular complexity index is 463. The largest absolute Gasteiger partial charge is 0.370 e. The van der Waals surface area contributed by atoms with E-state index in [0.717, 1.165) is 42.8 Å². The van der Waals surface area contributed by atoms with Gasteiger partial charge in [0, 0.05) is 17.9 Å². The predicted octanol–water partition coefficient (Wildman–Crippen LogP) is 3.26. The number of aromatic amines is 1. The summed E-state index contributed by atoms with van der Waals surface area (Å²) in [7, 11) is 0. The summed E-state index contributed by atoms with van der Waals surface area (Å²) in [6.07, 6.45) is 8.34. The van der Waals surface area contributed by atoms with E-state index in [9.17, 15) is 0 Å². The van der Waals surface area contributed by atoms with Crippen LogP contribution in [0.4, 0.5) is 0 Å². The molecule has 1 aromatic heterocycles. The van der Waals surface area contributed by atoms with E-state index in [-0.39, 0.29) is 6.10 Å². The Kier molecular flexibility index (Phi) is 3.25. The topological polar surface area (TPSA) is 37.9 Å². The Morgan fingerprint density at radius 3 is 2.88 bits per heavy atom. The number of aryl methyl sites for hydroxylation is 1. The molecule has 0 spiro atoms. The van der Waals surface area contributed by atoms with E-state index in [1.807, 2.05) is 0 Å². The Labute approximate surface area is 107 Å². The normalized spacial score (nSPS) is 24.4. The standard InChI is InChI=1S/C13H18N2OS/c17-13-9-5-2-1-3-6-10(9)14-12(15-13)11-7-4-8-16-11/h11H,1-8H2,(H,14,15,17). The Morgan fingerprint density at radius 1 is 1.18 bits per heavy atom. The number of aromatic nitrogens is 2. The molecule has 3 rings (SSSR count). The molecule has 1 unspecified atom stereocenters. The first kappa shape index (κ1) is 11.4. The summed E-state index contributed by atoms with van der Waals surface area (Å²) in [4.78, 5) is 8.03. The van der Waals surface area contributed by atoms with Gasteiger partial charge in [-0.2, -0.15) is 0 Å². The molecule has 0 aromatic carbocycles. The lowest BCUT2D eigenvalue weighted by molar-refractivity contribution is 0.104. The molecule has 92 valence electrons. The minimum absolute atomic E-state index is 0.144. The van der Waals surface area contributed by atoms with Crippen LogP contribution < -0.4 is 0 Å². The SMILES string of the molecule is S=c1nc(C2CCCO2)[nH]c2c1CCCCC2. The summed E-state index contributed by atoms with van der Waals surface area (Å²) >= 11 is 5.44. The summed E-state index contributed by atoms with van der Waals surface area (Å²) in [6.45, 7) is 0.851. The number of fused-ring (bicyclic) bond motifs is 1. The summed E-state index contributed by atoms with van der Waals surface area (Å²) in [5.41, 5.74) is 2.59. The average molecular weight is 250 g/mol. The molecule has 2 heterocycles. The van der Waals surface area contributed by atoms with Gasteiger partial charge < -0.3 is 9.72 Å². The van der Waals surface area contributed by atoms with Gasteiger partial charge in [0.2, 0.25) is 0 Å². The smallest absolute Gasteiger partial charge is 0.137 e. The second-order valence-corrected chi connectivity index (χ2v) is 5.33. The zero-order valence-electron chi connectivity index (χ0n) is 10.00. The molecule has 17 heavy (non-hydrogen) atoms. The number of hydrogen-bond donors (Lipinski definition) is 1. The fourth-order valence-corrected chi connectivity index (χ4v) is 3.08.